The lowest BCUT2D eigenvalue weighted by Gasteiger charge is -2.46. The quantitative estimate of drug-likeness (QED) is 0.134. The molecule has 2 saturated heterocycles. The van der Waals surface area contributed by atoms with Gasteiger partial charge in [0.15, 0.2) is 36.6 Å². The lowest BCUT2D eigenvalue weighted by molar-refractivity contribution is -0.262. The van der Waals surface area contributed by atoms with Crippen molar-refractivity contribution >= 4 is 47.8 Å². The zero-order valence-electron chi connectivity index (χ0n) is 53.2. The third kappa shape index (κ3) is 18.1. The molecule has 0 unspecified atom stereocenters. The number of carbonyl (C=O) groups is 8. The van der Waals surface area contributed by atoms with Gasteiger partial charge in [0.1, 0.15) is 37.6 Å². The normalized spacial score (nSPS) is 24.0. The van der Waals surface area contributed by atoms with Gasteiger partial charge in [-0.15, -0.1) is 0 Å². The minimum atomic E-state index is -1.45. The molecule has 2 aliphatic heterocycles. The number of rotatable bonds is 13. The molecule has 10 atom stereocenters. The molecule has 18 heteroatoms. The minimum Gasteiger partial charge on any atom is -0.462 e. The van der Waals surface area contributed by atoms with Crippen LogP contribution in [0.3, 0.4) is 0 Å². The average Bonchev–Trinajstić information content (AvgIpc) is 3.32. The largest absolute Gasteiger partial charge is 0.462 e. The fraction of sp³-hybridized carbons (Fsp3) is 0.688. The third-order valence-electron chi connectivity index (χ3n) is 13.2. The van der Waals surface area contributed by atoms with Gasteiger partial charge < -0.3 is 47.4 Å². The number of hydrogen-bond donors (Lipinski definition) is 0. The van der Waals surface area contributed by atoms with Crippen molar-refractivity contribution in [3.8, 4) is 11.1 Å². The minimum absolute atomic E-state index is 0.422. The van der Waals surface area contributed by atoms with Crippen LogP contribution >= 0.6 is 0 Å². The molecule has 0 aliphatic carbocycles. The van der Waals surface area contributed by atoms with Crippen LogP contribution in [0.2, 0.25) is 0 Å². The van der Waals surface area contributed by atoms with E-state index in [0.29, 0.717) is 22.3 Å². The molecular weight excluding hydrogens is 1060 g/mol. The Labute approximate surface area is 486 Å². The fourth-order valence-electron chi connectivity index (χ4n) is 7.73. The highest BCUT2D eigenvalue weighted by atomic mass is 16.7. The third-order valence-corrected chi connectivity index (χ3v) is 13.2. The van der Waals surface area contributed by atoms with Gasteiger partial charge in [0.2, 0.25) is 0 Å². The molecule has 4 rings (SSSR count). The molecule has 0 radical (unpaired) electrons. The van der Waals surface area contributed by atoms with E-state index >= 15 is 0 Å². The van der Waals surface area contributed by atoms with Crippen molar-refractivity contribution in [2.24, 2.45) is 43.3 Å². The summed E-state index contributed by atoms with van der Waals surface area (Å²) in [6.07, 6.45) is -13.3. The van der Waals surface area contributed by atoms with Crippen LogP contribution in [0.5, 0.6) is 0 Å². The predicted molar refractivity (Wildman–Crippen MR) is 304 cm³/mol. The molecule has 2 heterocycles. The molecule has 0 spiro atoms. The monoisotopic (exact) mass is 1150 g/mol. The maximum absolute atomic E-state index is 14.0. The van der Waals surface area contributed by atoms with Crippen LogP contribution < -0.4 is 0 Å². The fourth-order valence-corrected chi connectivity index (χ4v) is 7.73. The summed E-state index contributed by atoms with van der Waals surface area (Å²) in [5.41, 5.74) is -5.86. The van der Waals surface area contributed by atoms with E-state index in [0.717, 1.165) is 0 Å². The summed E-state index contributed by atoms with van der Waals surface area (Å²) in [6.45, 7) is 39.1. The predicted octanol–water partition coefficient (Wildman–Crippen LogP) is 11.2. The van der Waals surface area contributed by atoms with E-state index < -0.39 is 165 Å². The summed E-state index contributed by atoms with van der Waals surface area (Å²) in [4.78, 5) is 110. The Balaban J connectivity index is 1.91. The van der Waals surface area contributed by atoms with Gasteiger partial charge in [0.25, 0.3) is 0 Å². The number of benzene rings is 2. The molecule has 0 bridgehead atoms. The number of hydrogen-bond acceptors (Lipinski definition) is 18. The zero-order valence-corrected chi connectivity index (χ0v) is 53.2. The summed E-state index contributed by atoms with van der Waals surface area (Å²) < 4.78 is 62.5. The van der Waals surface area contributed by atoms with E-state index in [1.54, 1.807) is 215 Å². The Morgan fingerprint density at radius 1 is 0.293 bits per heavy atom. The molecule has 18 nitrogen and oxygen atoms in total. The first-order valence-corrected chi connectivity index (χ1v) is 28.2. The molecule has 0 aromatic heterocycles. The van der Waals surface area contributed by atoms with Crippen LogP contribution in [-0.4, -0.2) is 110 Å². The van der Waals surface area contributed by atoms with Gasteiger partial charge in [-0.05, 0) is 188 Å². The first-order chi connectivity index (χ1) is 37.0. The van der Waals surface area contributed by atoms with Crippen LogP contribution in [0.25, 0.3) is 11.1 Å². The van der Waals surface area contributed by atoms with Gasteiger partial charge in [-0.25, -0.2) is 0 Å². The van der Waals surface area contributed by atoms with E-state index in [4.69, 9.17) is 47.4 Å². The van der Waals surface area contributed by atoms with Crippen molar-refractivity contribution < 1.29 is 85.7 Å². The Morgan fingerprint density at radius 3 is 0.695 bits per heavy atom. The SMILES string of the molecule is CC(C)(C)C(=O)OC[C@H]1O[C@H](c2ccc(-c3ccc([C@H]4O[C@H](COC(=O)C(C)(C)C)[C@@H](OC(=O)C(C)(C)C)[C@@H](OC(=O)C(C)(C)C)[C@@H]4OC(=O)C(C)(C)C)cc3)cc2)[C@@H](OC(=O)C(C)(C)C)[C@@H](OC(=O)C(C)(C)C)[C@@H]1OC(=O)C(C)(C)C. The lowest BCUT2D eigenvalue weighted by atomic mass is 9.87. The summed E-state index contributed by atoms with van der Waals surface area (Å²) in [7, 11) is 0. The van der Waals surface area contributed by atoms with E-state index in [9.17, 15) is 38.4 Å². The van der Waals surface area contributed by atoms with Gasteiger partial charge in [-0.3, -0.25) is 38.4 Å². The maximum atomic E-state index is 14.0. The molecule has 82 heavy (non-hydrogen) atoms. The van der Waals surface area contributed by atoms with Crippen LogP contribution in [0.1, 0.15) is 190 Å². The second kappa shape index (κ2) is 25.1. The van der Waals surface area contributed by atoms with Crippen molar-refractivity contribution in [3.63, 3.8) is 0 Å². The van der Waals surface area contributed by atoms with E-state index in [1.165, 1.54) is 0 Å². The smallest absolute Gasteiger partial charge is 0.311 e. The second-order valence-corrected chi connectivity index (χ2v) is 29.9. The molecule has 458 valence electrons. The van der Waals surface area contributed by atoms with Crippen LogP contribution in [0.4, 0.5) is 0 Å². The van der Waals surface area contributed by atoms with Gasteiger partial charge in [0.05, 0.1) is 43.3 Å². The van der Waals surface area contributed by atoms with Crippen LogP contribution in [-0.2, 0) is 85.7 Å². The molecule has 0 amide bonds. The van der Waals surface area contributed by atoms with E-state index in [1.807, 2.05) is 0 Å². The molecule has 2 aromatic carbocycles. The molecule has 0 saturated carbocycles. The van der Waals surface area contributed by atoms with Crippen molar-refractivity contribution in [2.75, 3.05) is 13.2 Å². The van der Waals surface area contributed by atoms with Gasteiger partial charge in [-0.1, -0.05) is 48.5 Å². The zero-order chi connectivity index (χ0) is 62.8. The lowest BCUT2D eigenvalue weighted by Crippen LogP contribution is -2.61. The second-order valence-electron chi connectivity index (χ2n) is 29.9. The van der Waals surface area contributed by atoms with E-state index in [2.05, 4.69) is 0 Å². The van der Waals surface area contributed by atoms with Crippen molar-refractivity contribution in [1.29, 1.82) is 0 Å². The highest BCUT2D eigenvalue weighted by molar-refractivity contribution is 5.80. The average molecular weight is 1150 g/mol. The van der Waals surface area contributed by atoms with Gasteiger partial charge in [-0.2, -0.15) is 0 Å². The molecule has 0 N–H and O–H groups in total. The van der Waals surface area contributed by atoms with Gasteiger partial charge in [0, 0.05) is 0 Å². The van der Waals surface area contributed by atoms with Crippen molar-refractivity contribution in [3.05, 3.63) is 59.7 Å². The summed E-state index contributed by atoms with van der Waals surface area (Å²) in [5, 5.41) is 0. The molecular formula is C64H94O18. The van der Waals surface area contributed by atoms with Crippen LogP contribution in [0.15, 0.2) is 48.5 Å². The summed E-state index contributed by atoms with van der Waals surface area (Å²) in [6, 6.07) is 14.2. The molecule has 2 fully saturated rings. The Morgan fingerprint density at radius 2 is 0.488 bits per heavy atom. The summed E-state index contributed by atoms with van der Waals surface area (Å²) in [5.74, 6) is -5.17. The number of esters is 8. The Hall–Kier alpha value is -5.88. The van der Waals surface area contributed by atoms with Crippen LogP contribution in [0, 0.1) is 43.3 Å². The number of carbonyl (C=O) groups excluding carboxylic acids is 8. The highest BCUT2D eigenvalue weighted by Crippen LogP contribution is 2.43. The van der Waals surface area contributed by atoms with Gasteiger partial charge >= 0.3 is 47.8 Å². The highest BCUT2D eigenvalue weighted by Gasteiger charge is 2.57. The van der Waals surface area contributed by atoms with Crippen molar-refractivity contribution in [1.82, 2.24) is 0 Å². The maximum Gasteiger partial charge on any atom is 0.311 e. The first-order valence-electron chi connectivity index (χ1n) is 28.2. The Bertz CT molecular complexity index is 2430. The Kier molecular flexibility index (Phi) is 21.0. The molecule has 2 aromatic rings. The van der Waals surface area contributed by atoms with Crippen molar-refractivity contribution in [2.45, 2.75) is 227 Å². The molecule has 2 aliphatic rings. The standard InChI is InChI=1S/C64H94O18/c1-57(2,3)49(65)73-33-39-43(77-51(67)59(7,8)9)47(81-55(71)63(19,20)21)45(79-53(69)61(13,14)15)41(75-39)37-29-25-35(26-30-37)36-27-31-38(32-28-36)42-46(80-54(70)62(16,17)18)48(82-56(72)64(22,23)24)44(78-52(68)60(10,11)12)40(76-42)34-74-50(66)58(4,5)6/h25-32,39-48H,33-34H2,1-24H3/t39-,40-,41-,42-,43-,44-,45-,46-,47-,48+/m1/s1. The number of ether oxygens (including phenoxy) is 10. The van der Waals surface area contributed by atoms with E-state index in [-0.39, 0.29) is 0 Å². The first kappa shape index (κ1) is 68.6. The summed E-state index contributed by atoms with van der Waals surface area (Å²) >= 11 is 0. The topological polar surface area (TPSA) is 229 Å².